The zero-order valence-electron chi connectivity index (χ0n) is 8.27. The van der Waals surface area contributed by atoms with E-state index in [0.29, 0.717) is 10.1 Å². The van der Waals surface area contributed by atoms with Gasteiger partial charge < -0.3 is 0 Å². The number of hydrazine groups is 1. The predicted molar refractivity (Wildman–Crippen MR) is 65.1 cm³/mol. The Morgan fingerprint density at radius 1 is 1.53 bits per heavy atom. The summed E-state index contributed by atoms with van der Waals surface area (Å²) in [4.78, 5) is 21.9. The summed E-state index contributed by atoms with van der Waals surface area (Å²) in [7, 11) is 0. The molecule has 0 aliphatic heterocycles. The number of rotatable bonds is 2. The molecule has 0 radical (unpaired) electrons. The first-order chi connectivity index (χ1) is 8.06. The van der Waals surface area contributed by atoms with E-state index in [1.54, 1.807) is 6.07 Å². The third-order valence-corrected chi connectivity index (χ3v) is 3.90. The van der Waals surface area contributed by atoms with E-state index >= 15 is 0 Å². The molecule has 0 bridgehead atoms. The van der Waals surface area contributed by atoms with Gasteiger partial charge in [0.15, 0.2) is 0 Å². The number of thiophene rings is 1. The lowest BCUT2D eigenvalue weighted by Crippen LogP contribution is -2.29. The molecule has 2 rings (SSSR count). The summed E-state index contributed by atoms with van der Waals surface area (Å²) < 4.78 is 0.362. The molecule has 8 heteroatoms. The van der Waals surface area contributed by atoms with Gasteiger partial charge in [0.25, 0.3) is 11.6 Å². The molecule has 0 atom stereocenters. The third-order valence-electron chi connectivity index (χ3n) is 2.17. The van der Waals surface area contributed by atoms with Crippen LogP contribution in [0.4, 0.5) is 5.69 Å². The topological polar surface area (TPSA) is 98.3 Å². The van der Waals surface area contributed by atoms with Gasteiger partial charge in [0.2, 0.25) is 0 Å². The van der Waals surface area contributed by atoms with Crippen molar-refractivity contribution in [1.29, 1.82) is 0 Å². The number of carbonyl (C=O) groups excluding carboxylic acids is 1. The number of fused-ring (bicyclic) bond motifs is 1. The Hall–Kier alpha value is -1.70. The van der Waals surface area contributed by atoms with Crippen LogP contribution in [0.25, 0.3) is 10.1 Å². The molecule has 1 heterocycles. The van der Waals surface area contributed by atoms with Gasteiger partial charge in [-0.2, -0.15) is 0 Å². The van der Waals surface area contributed by atoms with Crippen molar-refractivity contribution in [2.24, 2.45) is 5.84 Å². The van der Waals surface area contributed by atoms with Crippen LogP contribution in [0, 0.1) is 10.1 Å². The molecule has 1 amide bonds. The average molecular weight is 272 g/mol. The lowest BCUT2D eigenvalue weighted by atomic mass is 10.2. The normalized spacial score (nSPS) is 10.5. The minimum absolute atomic E-state index is 0.0783. The average Bonchev–Trinajstić information content (AvgIpc) is 2.66. The standard InChI is InChI=1S/C9H6ClN3O3S/c10-6-4-2-1-3-5(13(15)16)7(4)17-8(6)9(14)12-11/h1-3H,11H2,(H,12,14). The maximum atomic E-state index is 11.4. The Morgan fingerprint density at radius 2 is 2.24 bits per heavy atom. The predicted octanol–water partition coefficient (Wildman–Crippen LogP) is 2.07. The Kier molecular flexibility index (Phi) is 2.97. The Bertz CT molecular complexity index is 625. The van der Waals surface area contributed by atoms with Crippen LogP contribution in [-0.4, -0.2) is 10.8 Å². The zero-order valence-corrected chi connectivity index (χ0v) is 9.84. The van der Waals surface area contributed by atoms with E-state index in [2.05, 4.69) is 0 Å². The number of halogens is 1. The quantitative estimate of drug-likeness (QED) is 0.378. The monoisotopic (exact) mass is 271 g/mol. The SMILES string of the molecule is NNC(=O)c1sc2c([N+](=O)[O-])cccc2c1Cl. The summed E-state index contributed by atoms with van der Waals surface area (Å²) in [5.41, 5.74) is 1.87. The molecule has 0 saturated heterocycles. The third kappa shape index (κ3) is 1.84. The van der Waals surface area contributed by atoms with Crippen molar-refractivity contribution >= 4 is 44.6 Å². The Balaban J connectivity index is 2.77. The van der Waals surface area contributed by atoms with E-state index in [4.69, 9.17) is 17.4 Å². The molecule has 88 valence electrons. The Morgan fingerprint density at radius 3 is 2.82 bits per heavy atom. The van der Waals surface area contributed by atoms with Gasteiger partial charge in [-0.25, -0.2) is 5.84 Å². The van der Waals surface area contributed by atoms with Crippen LogP contribution in [0.1, 0.15) is 9.67 Å². The fraction of sp³-hybridized carbons (Fsp3) is 0. The van der Waals surface area contributed by atoms with Crippen molar-refractivity contribution in [3.8, 4) is 0 Å². The van der Waals surface area contributed by atoms with E-state index in [1.165, 1.54) is 12.1 Å². The van der Waals surface area contributed by atoms with Crippen molar-refractivity contribution in [3.63, 3.8) is 0 Å². The van der Waals surface area contributed by atoms with Crippen LogP contribution in [0.2, 0.25) is 5.02 Å². The molecule has 17 heavy (non-hydrogen) atoms. The van der Waals surface area contributed by atoms with Gasteiger partial charge in [-0.3, -0.25) is 20.3 Å². The minimum atomic E-state index is -0.564. The fourth-order valence-electron chi connectivity index (χ4n) is 1.43. The van der Waals surface area contributed by atoms with Gasteiger partial charge in [0.05, 0.1) is 9.95 Å². The number of nitro benzene ring substituents is 1. The molecule has 0 spiro atoms. The van der Waals surface area contributed by atoms with Gasteiger partial charge in [-0.05, 0) is 0 Å². The van der Waals surface area contributed by atoms with Gasteiger partial charge >= 0.3 is 0 Å². The number of nitro groups is 1. The molecule has 0 aliphatic carbocycles. The molecular formula is C9H6ClN3O3S. The van der Waals surface area contributed by atoms with Crippen LogP contribution in [-0.2, 0) is 0 Å². The number of amides is 1. The van der Waals surface area contributed by atoms with E-state index in [0.717, 1.165) is 11.3 Å². The molecule has 1 aromatic carbocycles. The molecular weight excluding hydrogens is 266 g/mol. The highest BCUT2D eigenvalue weighted by Crippen LogP contribution is 2.39. The van der Waals surface area contributed by atoms with Crippen LogP contribution in [0.3, 0.4) is 0 Å². The summed E-state index contributed by atoms with van der Waals surface area (Å²) in [6, 6.07) is 4.50. The molecule has 2 aromatic rings. The maximum absolute atomic E-state index is 11.4. The number of hydrogen-bond donors (Lipinski definition) is 2. The van der Waals surface area contributed by atoms with E-state index < -0.39 is 10.8 Å². The number of non-ortho nitro benzene ring substituents is 1. The summed E-state index contributed by atoms with van der Waals surface area (Å²) in [6.07, 6.45) is 0. The molecule has 0 unspecified atom stereocenters. The molecule has 6 nitrogen and oxygen atoms in total. The number of nitrogens with zero attached hydrogens (tertiary/aromatic N) is 1. The maximum Gasteiger partial charge on any atom is 0.287 e. The number of carbonyl (C=O) groups is 1. The van der Waals surface area contributed by atoms with Crippen molar-refractivity contribution in [2.75, 3.05) is 0 Å². The molecule has 0 saturated carbocycles. The lowest BCUT2D eigenvalue weighted by Gasteiger charge is -1.94. The van der Waals surface area contributed by atoms with E-state index in [9.17, 15) is 14.9 Å². The van der Waals surface area contributed by atoms with Crippen molar-refractivity contribution < 1.29 is 9.72 Å². The first-order valence-corrected chi connectivity index (χ1v) is 5.62. The molecule has 3 N–H and O–H groups in total. The second-order valence-corrected chi connectivity index (χ2v) is 4.53. The van der Waals surface area contributed by atoms with Crippen molar-refractivity contribution in [1.82, 2.24) is 5.43 Å². The molecule has 0 fully saturated rings. The molecule has 1 aromatic heterocycles. The summed E-state index contributed by atoms with van der Waals surface area (Å²) >= 11 is 6.92. The Labute approximate surface area is 104 Å². The first kappa shape index (κ1) is 11.8. The fourth-order valence-corrected chi connectivity index (χ4v) is 2.93. The van der Waals surface area contributed by atoms with Gasteiger partial charge in [0.1, 0.15) is 9.58 Å². The van der Waals surface area contributed by atoms with Gasteiger partial charge in [-0.15, -0.1) is 11.3 Å². The van der Waals surface area contributed by atoms with E-state index in [1.807, 2.05) is 5.43 Å². The second-order valence-electron chi connectivity index (χ2n) is 3.13. The summed E-state index contributed by atoms with van der Waals surface area (Å²) in [5, 5.41) is 11.5. The highest BCUT2D eigenvalue weighted by atomic mass is 35.5. The second kappa shape index (κ2) is 4.28. The van der Waals surface area contributed by atoms with Crippen LogP contribution >= 0.6 is 22.9 Å². The smallest absolute Gasteiger partial charge is 0.287 e. The number of nitrogen functional groups attached to an aromatic ring is 1. The molecule has 0 aliphatic rings. The van der Waals surface area contributed by atoms with Crippen LogP contribution < -0.4 is 11.3 Å². The number of benzene rings is 1. The highest BCUT2D eigenvalue weighted by molar-refractivity contribution is 7.22. The number of hydrogen-bond acceptors (Lipinski definition) is 5. The van der Waals surface area contributed by atoms with Crippen molar-refractivity contribution in [3.05, 3.63) is 38.2 Å². The van der Waals surface area contributed by atoms with E-state index in [-0.39, 0.29) is 15.6 Å². The number of nitrogens with two attached hydrogens (primary N) is 1. The number of nitrogens with one attached hydrogen (secondary N) is 1. The lowest BCUT2D eigenvalue weighted by molar-refractivity contribution is -0.382. The van der Waals surface area contributed by atoms with Crippen LogP contribution in [0.15, 0.2) is 18.2 Å². The van der Waals surface area contributed by atoms with Gasteiger partial charge in [-0.1, -0.05) is 23.7 Å². The van der Waals surface area contributed by atoms with Gasteiger partial charge in [0, 0.05) is 11.5 Å². The van der Waals surface area contributed by atoms with Crippen LogP contribution in [0.5, 0.6) is 0 Å². The first-order valence-electron chi connectivity index (χ1n) is 4.42. The zero-order chi connectivity index (χ0) is 12.6. The summed E-state index contributed by atoms with van der Waals surface area (Å²) in [5.74, 6) is 4.44. The highest BCUT2D eigenvalue weighted by Gasteiger charge is 2.21. The minimum Gasteiger partial charge on any atom is -0.289 e. The van der Waals surface area contributed by atoms with Crippen molar-refractivity contribution in [2.45, 2.75) is 0 Å². The largest absolute Gasteiger partial charge is 0.289 e. The summed E-state index contributed by atoms with van der Waals surface area (Å²) in [6.45, 7) is 0.